The number of piperazine rings is 1. The number of anilines is 1. The minimum atomic E-state index is -0.280. The van der Waals surface area contributed by atoms with Gasteiger partial charge in [0.2, 0.25) is 5.91 Å². The zero-order valence-corrected chi connectivity index (χ0v) is 15.4. The first-order valence-electron chi connectivity index (χ1n) is 9.01. The second kappa shape index (κ2) is 8.31. The van der Waals surface area contributed by atoms with E-state index < -0.39 is 0 Å². The van der Waals surface area contributed by atoms with E-state index in [-0.39, 0.29) is 17.8 Å². The van der Waals surface area contributed by atoms with Crippen molar-refractivity contribution in [3.05, 3.63) is 48.3 Å². The first-order valence-corrected chi connectivity index (χ1v) is 9.01. The molecule has 1 fully saturated rings. The van der Waals surface area contributed by atoms with E-state index in [0.29, 0.717) is 13.0 Å². The van der Waals surface area contributed by atoms with Gasteiger partial charge < -0.3 is 19.7 Å². The van der Waals surface area contributed by atoms with Gasteiger partial charge in [-0.1, -0.05) is 0 Å². The average Bonchev–Trinajstić information content (AvgIpc) is 3.14. The predicted molar refractivity (Wildman–Crippen MR) is 99.5 cm³/mol. The maximum atomic E-state index is 13.9. The van der Waals surface area contributed by atoms with Crippen LogP contribution in [0.25, 0.3) is 0 Å². The van der Waals surface area contributed by atoms with Crippen molar-refractivity contribution < 1.29 is 9.18 Å². The summed E-state index contributed by atoms with van der Waals surface area (Å²) in [6.07, 6.45) is 5.57. The van der Waals surface area contributed by atoms with Gasteiger partial charge in [-0.25, -0.2) is 9.37 Å². The minimum Gasteiger partial charge on any atom is -0.369 e. The van der Waals surface area contributed by atoms with Crippen LogP contribution in [0.4, 0.5) is 10.1 Å². The second-order valence-electron chi connectivity index (χ2n) is 6.83. The molecule has 1 aliphatic rings. The highest BCUT2D eigenvalue weighted by Gasteiger charge is 2.21. The second-order valence-corrected chi connectivity index (χ2v) is 6.83. The maximum Gasteiger partial charge on any atom is 0.222 e. The van der Waals surface area contributed by atoms with E-state index in [0.717, 1.165) is 37.4 Å². The number of nitrogens with zero attached hydrogens (tertiary/aromatic N) is 4. The maximum absolute atomic E-state index is 13.9. The summed E-state index contributed by atoms with van der Waals surface area (Å²) < 4.78 is 15.7. The molecule has 1 unspecified atom stereocenters. The van der Waals surface area contributed by atoms with Crippen LogP contribution in [-0.4, -0.2) is 53.6 Å². The number of hydrogen-bond donors (Lipinski definition) is 1. The van der Waals surface area contributed by atoms with Gasteiger partial charge in [-0.3, -0.25) is 4.79 Å². The number of benzene rings is 1. The summed E-state index contributed by atoms with van der Waals surface area (Å²) in [4.78, 5) is 20.8. The summed E-state index contributed by atoms with van der Waals surface area (Å²) >= 11 is 0. The largest absolute Gasteiger partial charge is 0.369 e. The molecule has 1 aromatic carbocycles. The number of halogens is 1. The molecule has 140 valence electrons. The van der Waals surface area contributed by atoms with Crippen molar-refractivity contribution in [2.75, 3.05) is 38.1 Å². The molecule has 1 aromatic heterocycles. The molecule has 0 bridgehead atoms. The molecule has 0 aliphatic carbocycles. The Kier molecular flexibility index (Phi) is 5.88. The Hall–Kier alpha value is -2.41. The zero-order valence-electron chi connectivity index (χ0n) is 15.4. The molecular formula is C19H26FN5O. The fraction of sp³-hybridized carbons (Fsp3) is 0.474. The molecule has 7 heteroatoms. The third-order valence-electron chi connectivity index (χ3n) is 4.83. The van der Waals surface area contributed by atoms with E-state index in [9.17, 15) is 9.18 Å². The molecule has 1 saturated heterocycles. The molecule has 0 radical (unpaired) electrons. The summed E-state index contributed by atoms with van der Waals surface area (Å²) in [6.45, 7) is 6.23. The van der Waals surface area contributed by atoms with Gasteiger partial charge in [-0.05, 0) is 32.2 Å². The highest BCUT2D eigenvalue weighted by Crippen LogP contribution is 2.28. The van der Waals surface area contributed by atoms with Crippen molar-refractivity contribution in [1.82, 2.24) is 19.8 Å². The highest BCUT2D eigenvalue weighted by molar-refractivity contribution is 5.76. The first-order chi connectivity index (χ1) is 12.5. The normalized spacial score (nSPS) is 16.5. The molecular weight excluding hydrogens is 333 g/mol. The number of aryl methyl sites for hydroxylation is 1. The Balaban J connectivity index is 1.66. The van der Waals surface area contributed by atoms with Gasteiger partial charge in [0.05, 0.1) is 12.4 Å². The van der Waals surface area contributed by atoms with Gasteiger partial charge in [-0.15, -0.1) is 0 Å². The fourth-order valence-corrected chi connectivity index (χ4v) is 3.25. The Morgan fingerprint density at radius 1 is 1.31 bits per heavy atom. The standard InChI is InChI=1S/C19H26FN5O/c1-15(22-19(26)5-7-24-8-6-21-14-24)17-13-16(20)3-4-18(17)25-11-9-23(2)10-12-25/h3-4,6,8,13-15H,5,7,9-12H2,1-2H3,(H,22,26). The number of carbonyl (C=O) groups is 1. The van der Waals surface area contributed by atoms with Crippen molar-refractivity contribution in [2.45, 2.75) is 25.9 Å². The number of aromatic nitrogens is 2. The molecule has 0 spiro atoms. The lowest BCUT2D eigenvalue weighted by Gasteiger charge is -2.36. The van der Waals surface area contributed by atoms with Crippen LogP contribution < -0.4 is 10.2 Å². The molecule has 6 nitrogen and oxygen atoms in total. The van der Waals surface area contributed by atoms with Crippen molar-refractivity contribution in [1.29, 1.82) is 0 Å². The lowest BCUT2D eigenvalue weighted by molar-refractivity contribution is -0.121. The zero-order chi connectivity index (χ0) is 18.5. The molecule has 2 aromatic rings. The van der Waals surface area contributed by atoms with E-state index in [1.807, 2.05) is 23.8 Å². The number of likely N-dealkylation sites (N-methyl/N-ethyl adjacent to an activating group) is 1. The van der Waals surface area contributed by atoms with Gasteiger partial charge in [0.1, 0.15) is 5.82 Å². The molecule has 1 atom stereocenters. The topological polar surface area (TPSA) is 53.4 Å². The van der Waals surface area contributed by atoms with Gasteiger partial charge in [0, 0.05) is 62.8 Å². The van der Waals surface area contributed by atoms with Crippen molar-refractivity contribution >= 4 is 11.6 Å². The molecule has 1 aliphatic heterocycles. The molecule has 1 amide bonds. The number of imidazole rings is 1. The van der Waals surface area contributed by atoms with Gasteiger partial charge >= 0.3 is 0 Å². The smallest absolute Gasteiger partial charge is 0.222 e. The van der Waals surface area contributed by atoms with E-state index in [4.69, 9.17) is 0 Å². The lowest BCUT2D eigenvalue weighted by Crippen LogP contribution is -2.45. The Morgan fingerprint density at radius 2 is 2.08 bits per heavy atom. The highest BCUT2D eigenvalue weighted by atomic mass is 19.1. The monoisotopic (exact) mass is 359 g/mol. The van der Waals surface area contributed by atoms with Crippen LogP contribution in [0.3, 0.4) is 0 Å². The molecule has 1 N–H and O–H groups in total. The number of hydrogen-bond acceptors (Lipinski definition) is 4. The van der Waals surface area contributed by atoms with Gasteiger partial charge in [-0.2, -0.15) is 0 Å². The van der Waals surface area contributed by atoms with Gasteiger partial charge in [0.15, 0.2) is 0 Å². The van der Waals surface area contributed by atoms with Crippen molar-refractivity contribution in [3.8, 4) is 0 Å². The summed E-state index contributed by atoms with van der Waals surface area (Å²) in [5, 5.41) is 3.00. The van der Waals surface area contributed by atoms with Crippen LogP contribution in [0.2, 0.25) is 0 Å². The lowest BCUT2D eigenvalue weighted by atomic mass is 10.0. The minimum absolute atomic E-state index is 0.0558. The molecule has 0 saturated carbocycles. The number of rotatable bonds is 6. The Labute approximate surface area is 153 Å². The summed E-state index contributed by atoms with van der Waals surface area (Å²) in [6, 6.07) is 4.60. The van der Waals surface area contributed by atoms with Gasteiger partial charge in [0.25, 0.3) is 0 Å². The van der Waals surface area contributed by atoms with Crippen LogP contribution in [0.1, 0.15) is 24.9 Å². The van der Waals surface area contributed by atoms with E-state index in [1.165, 1.54) is 12.1 Å². The third-order valence-corrected chi connectivity index (χ3v) is 4.83. The fourth-order valence-electron chi connectivity index (χ4n) is 3.25. The number of nitrogens with one attached hydrogen (secondary N) is 1. The van der Waals surface area contributed by atoms with Crippen molar-refractivity contribution in [2.24, 2.45) is 0 Å². The van der Waals surface area contributed by atoms with Crippen LogP contribution in [0, 0.1) is 5.82 Å². The molecule has 2 heterocycles. The van der Waals surface area contributed by atoms with E-state index in [1.54, 1.807) is 12.5 Å². The molecule has 3 rings (SSSR count). The van der Waals surface area contributed by atoms with Crippen LogP contribution >= 0.6 is 0 Å². The Bertz CT molecular complexity index is 726. The van der Waals surface area contributed by atoms with Crippen LogP contribution in [0.5, 0.6) is 0 Å². The van der Waals surface area contributed by atoms with Crippen LogP contribution in [-0.2, 0) is 11.3 Å². The van der Waals surface area contributed by atoms with Crippen molar-refractivity contribution in [3.63, 3.8) is 0 Å². The SMILES string of the molecule is CC(NC(=O)CCn1ccnc1)c1cc(F)ccc1N1CCN(C)CC1. The average molecular weight is 359 g/mol. The van der Waals surface area contributed by atoms with E-state index in [2.05, 4.69) is 27.1 Å². The summed E-state index contributed by atoms with van der Waals surface area (Å²) in [5.74, 6) is -0.336. The Morgan fingerprint density at radius 3 is 2.77 bits per heavy atom. The first kappa shape index (κ1) is 18.4. The van der Waals surface area contributed by atoms with Crippen LogP contribution in [0.15, 0.2) is 36.9 Å². The quantitative estimate of drug-likeness (QED) is 0.858. The van der Waals surface area contributed by atoms with E-state index >= 15 is 0 Å². The number of amides is 1. The molecule has 26 heavy (non-hydrogen) atoms. The third kappa shape index (κ3) is 4.60. The number of carbonyl (C=O) groups excluding carboxylic acids is 1. The summed E-state index contributed by atoms with van der Waals surface area (Å²) in [7, 11) is 2.10. The summed E-state index contributed by atoms with van der Waals surface area (Å²) in [5.41, 5.74) is 1.83. The predicted octanol–water partition coefficient (Wildman–Crippen LogP) is 2.04.